The molecule has 5 heteroatoms. The molecule has 0 bridgehead atoms. The molecule has 0 unspecified atom stereocenters. The van der Waals surface area contributed by atoms with Crippen molar-refractivity contribution in [2.45, 2.75) is 20.4 Å². The molecule has 4 nitrogen and oxygen atoms in total. The second-order valence-electron chi connectivity index (χ2n) is 3.85. The van der Waals surface area contributed by atoms with Gasteiger partial charge in [0.05, 0.1) is 17.6 Å². The third kappa shape index (κ3) is 2.50. The van der Waals surface area contributed by atoms with Gasteiger partial charge < -0.3 is 5.32 Å². The molecule has 0 spiro atoms. The largest absolute Gasteiger partial charge is 0.311 e. The number of aromatic nitrogens is 3. The van der Waals surface area contributed by atoms with Crippen molar-refractivity contribution in [1.29, 1.82) is 0 Å². The maximum atomic E-state index is 13.5. The standard InChI is InChI=1S/C12H15FN4/c1-3-14-7-11-8-15-16-17(11)10-5-4-9(2)12(13)6-10/h4-6,8,14H,3,7H2,1-2H3. The fraction of sp³-hybridized carbons (Fsp3) is 0.333. The molecule has 2 aromatic rings. The predicted octanol–water partition coefficient (Wildman–Crippen LogP) is 1.82. The van der Waals surface area contributed by atoms with Crippen molar-refractivity contribution in [3.05, 3.63) is 41.5 Å². The molecule has 0 saturated heterocycles. The Labute approximate surface area is 99.5 Å². The van der Waals surface area contributed by atoms with Gasteiger partial charge in [0.15, 0.2) is 0 Å². The van der Waals surface area contributed by atoms with Crippen LogP contribution in [0.15, 0.2) is 24.4 Å². The minimum atomic E-state index is -0.229. The third-order valence-corrected chi connectivity index (χ3v) is 2.58. The Bertz CT molecular complexity index is 507. The van der Waals surface area contributed by atoms with E-state index in [-0.39, 0.29) is 5.82 Å². The number of hydrogen-bond donors (Lipinski definition) is 1. The lowest BCUT2D eigenvalue weighted by atomic mass is 10.2. The molecule has 17 heavy (non-hydrogen) atoms. The van der Waals surface area contributed by atoms with Crippen molar-refractivity contribution >= 4 is 0 Å². The quantitative estimate of drug-likeness (QED) is 0.877. The van der Waals surface area contributed by atoms with Gasteiger partial charge in [-0.05, 0) is 31.2 Å². The number of rotatable bonds is 4. The number of nitrogens with zero attached hydrogens (tertiary/aromatic N) is 3. The van der Waals surface area contributed by atoms with Crippen molar-refractivity contribution in [3.63, 3.8) is 0 Å². The van der Waals surface area contributed by atoms with E-state index in [1.165, 1.54) is 6.07 Å². The van der Waals surface area contributed by atoms with Gasteiger partial charge in [-0.3, -0.25) is 0 Å². The SMILES string of the molecule is CCNCc1cnnn1-c1ccc(C)c(F)c1. The molecule has 2 rings (SSSR count). The van der Waals surface area contributed by atoms with Crippen LogP contribution in [-0.2, 0) is 6.54 Å². The zero-order valence-corrected chi connectivity index (χ0v) is 9.94. The number of hydrogen-bond acceptors (Lipinski definition) is 3. The molecule has 0 amide bonds. The average molecular weight is 234 g/mol. The number of benzene rings is 1. The Morgan fingerprint density at radius 2 is 2.24 bits per heavy atom. The molecule has 1 N–H and O–H groups in total. The Morgan fingerprint density at radius 3 is 2.94 bits per heavy atom. The second kappa shape index (κ2) is 5.05. The normalized spacial score (nSPS) is 10.8. The first-order valence-corrected chi connectivity index (χ1v) is 5.59. The van der Waals surface area contributed by atoms with Crippen molar-refractivity contribution in [1.82, 2.24) is 20.3 Å². The Kier molecular flexibility index (Phi) is 3.49. The summed E-state index contributed by atoms with van der Waals surface area (Å²) in [6.07, 6.45) is 1.68. The zero-order valence-electron chi connectivity index (χ0n) is 9.94. The molecule has 0 fully saturated rings. The van der Waals surface area contributed by atoms with Crippen molar-refractivity contribution in [2.24, 2.45) is 0 Å². The maximum Gasteiger partial charge on any atom is 0.128 e. The van der Waals surface area contributed by atoms with Crippen molar-refractivity contribution < 1.29 is 4.39 Å². The van der Waals surface area contributed by atoms with Gasteiger partial charge >= 0.3 is 0 Å². The lowest BCUT2D eigenvalue weighted by Gasteiger charge is -2.07. The summed E-state index contributed by atoms with van der Waals surface area (Å²) in [6.45, 7) is 5.30. The van der Waals surface area contributed by atoms with Crippen LogP contribution in [0.5, 0.6) is 0 Å². The van der Waals surface area contributed by atoms with Crippen LogP contribution in [-0.4, -0.2) is 21.5 Å². The third-order valence-electron chi connectivity index (χ3n) is 2.58. The van der Waals surface area contributed by atoms with E-state index in [1.807, 2.05) is 13.0 Å². The van der Waals surface area contributed by atoms with E-state index in [4.69, 9.17) is 0 Å². The van der Waals surface area contributed by atoms with E-state index in [0.717, 1.165) is 12.2 Å². The highest BCUT2D eigenvalue weighted by Gasteiger charge is 2.07. The Hall–Kier alpha value is -1.75. The van der Waals surface area contributed by atoms with Crippen LogP contribution in [0.25, 0.3) is 5.69 Å². The summed E-state index contributed by atoms with van der Waals surface area (Å²) in [6, 6.07) is 5.05. The van der Waals surface area contributed by atoms with Gasteiger partial charge in [-0.2, -0.15) is 0 Å². The van der Waals surface area contributed by atoms with Crippen molar-refractivity contribution in [2.75, 3.05) is 6.54 Å². The fourth-order valence-electron chi connectivity index (χ4n) is 1.56. The van der Waals surface area contributed by atoms with Crippen LogP contribution in [0.4, 0.5) is 4.39 Å². The molecule has 0 aliphatic heterocycles. The highest BCUT2D eigenvalue weighted by atomic mass is 19.1. The van der Waals surface area contributed by atoms with E-state index >= 15 is 0 Å². The van der Waals surface area contributed by atoms with Crippen LogP contribution < -0.4 is 5.32 Å². The summed E-state index contributed by atoms with van der Waals surface area (Å²) in [5.41, 5.74) is 2.23. The summed E-state index contributed by atoms with van der Waals surface area (Å²) in [7, 11) is 0. The first kappa shape index (κ1) is 11.7. The van der Waals surface area contributed by atoms with E-state index in [9.17, 15) is 4.39 Å². The summed E-state index contributed by atoms with van der Waals surface area (Å²) in [5.74, 6) is -0.229. The highest BCUT2D eigenvalue weighted by Crippen LogP contribution is 2.14. The number of halogens is 1. The maximum absolute atomic E-state index is 13.5. The minimum absolute atomic E-state index is 0.229. The molecule has 0 saturated carbocycles. The predicted molar refractivity (Wildman–Crippen MR) is 63.4 cm³/mol. The van der Waals surface area contributed by atoms with Crippen LogP contribution in [0.1, 0.15) is 18.2 Å². The van der Waals surface area contributed by atoms with Gasteiger partial charge in [0.2, 0.25) is 0 Å². The summed E-state index contributed by atoms with van der Waals surface area (Å²) >= 11 is 0. The zero-order chi connectivity index (χ0) is 12.3. The number of aryl methyl sites for hydroxylation is 1. The number of nitrogens with one attached hydrogen (secondary N) is 1. The average Bonchev–Trinajstić information content (AvgIpc) is 2.78. The Morgan fingerprint density at radius 1 is 1.41 bits per heavy atom. The van der Waals surface area contributed by atoms with Crippen molar-refractivity contribution in [3.8, 4) is 5.69 Å². The van der Waals surface area contributed by atoms with Gasteiger partial charge in [-0.15, -0.1) is 5.10 Å². The molecule has 90 valence electrons. The highest BCUT2D eigenvalue weighted by molar-refractivity contribution is 5.35. The summed E-state index contributed by atoms with van der Waals surface area (Å²) in [5, 5.41) is 11.0. The van der Waals surface area contributed by atoms with Crippen LogP contribution in [0.2, 0.25) is 0 Å². The molecule has 1 aromatic heterocycles. The van der Waals surface area contributed by atoms with Gasteiger partial charge in [0, 0.05) is 6.54 Å². The first-order valence-electron chi connectivity index (χ1n) is 5.59. The summed E-state index contributed by atoms with van der Waals surface area (Å²) in [4.78, 5) is 0. The van der Waals surface area contributed by atoms with Gasteiger partial charge in [-0.1, -0.05) is 18.2 Å². The molecule has 0 atom stereocenters. The minimum Gasteiger partial charge on any atom is -0.311 e. The van der Waals surface area contributed by atoms with Gasteiger partial charge in [0.25, 0.3) is 0 Å². The molecule has 1 heterocycles. The molecular weight excluding hydrogens is 219 g/mol. The lowest BCUT2D eigenvalue weighted by Crippen LogP contribution is -2.15. The lowest BCUT2D eigenvalue weighted by molar-refractivity contribution is 0.613. The monoisotopic (exact) mass is 234 g/mol. The summed E-state index contributed by atoms with van der Waals surface area (Å²) < 4.78 is 15.1. The van der Waals surface area contributed by atoms with Gasteiger partial charge in [0.1, 0.15) is 5.82 Å². The fourth-order valence-corrected chi connectivity index (χ4v) is 1.56. The molecule has 1 aromatic carbocycles. The van der Waals surface area contributed by atoms with Crippen LogP contribution in [0.3, 0.4) is 0 Å². The van der Waals surface area contributed by atoms with E-state index < -0.39 is 0 Å². The van der Waals surface area contributed by atoms with E-state index in [1.54, 1.807) is 23.9 Å². The topological polar surface area (TPSA) is 42.7 Å². The van der Waals surface area contributed by atoms with E-state index in [0.29, 0.717) is 17.8 Å². The molecule has 0 aliphatic carbocycles. The van der Waals surface area contributed by atoms with E-state index in [2.05, 4.69) is 15.6 Å². The smallest absolute Gasteiger partial charge is 0.128 e. The first-order chi connectivity index (χ1) is 8.22. The molecular formula is C12H15FN4. The van der Waals surface area contributed by atoms with Gasteiger partial charge in [-0.25, -0.2) is 9.07 Å². The van der Waals surface area contributed by atoms with Crippen LogP contribution in [0, 0.1) is 12.7 Å². The van der Waals surface area contributed by atoms with Crippen LogP contribution >= 0.6 is 0 Å². The molecule has 0 radical (unpaired) electrons. The second-order valence-corrected chi connectivity index (χ2v) is 3.85. The Balaban J connectivity index is 2.32. The molecule has 0 aliphatic rings.